The molecule has 0 N–H and O–H groups in total. The number of alkyl halides is 6. The lowest BCUT2D eigenvalue weighted by molar-refractivity contribution is -0.159. The summed E-state index contributed by atoms with van der Waals surface area (Å²) in [6.45, 7) is 10.8. The zero-order valence-corrected chi connectivity index (χ0v) is 24.1. The topological polar surface area (TPSA) is 89.5 Å². The van der Waals surface area contributed by atoms with Crippen LogP contribution in [0.3, 0.4) is 0 Å². The fraction of sp³-hybridized carbons (Fsp3) is 0.400. The third kappa shape index (κ3) is 7.02. The van der Waals surface area contributed by atoms with Gasteiger partial charge in [0.1, 0.15) is 23.7 Å². The maximum Gasteiger partial charge on any atom is 0.419 e. The Morgan fingerprint density at radius 3 is 1.32 bits per heavy atom. The normalized spacial score (nSPS) is 21.0. The number of hydrogen-bond donors (Lipinski definition) is 0. The number of para-hydroxylation sites is 2. The number of hydrogen-bond acceptors (Lipinski definition) is 8. The van der Waals surface area contributed by atoms with Gasteiger partial charge in [0.15, 0.2) is 0 Å². The van der Waals surface area contributed by atoms with E-state index in [1.807, 2.05) is 0 Å². The summed E-state index contributed by atoms with van der Waals surface area (Å²) in [5.74, 6) is -2.44. The van der Waals surface area contributed by atoms with Crippen LogP contribution in [-0.2, 0) is 40.9 Å². The Balaban J connectivity index is 0.000000240. The van der Waals surface area contributed by atoms with Gasteiger partial charge < -0.3 is 28.4 Å². The van der Waals surface area contributed by atoms with Crippen molar-refractivity contribution in [2.45, 2.75) is 50.6 Å². The van der Waals surface area contributed by atoms with Crippen LogP contribution in [0.4, 0.5) is 26.3 Å². The minimum Gasteiger partial charge on any atom is -0.474 e. The quantitative estimate of drug-likeness (QED) is 0.278. The van der Waals surface area contributed by atoms with Gasteiger partial charge in [0.05, 0.1) is 24.3 Å². The monoisotopic (exact) mass is 632 g/mol. The molecular weight excluding hydrogens is 602 g/mol. The molecule has 0 spiro atoms. The molecule has 2 unspecified atom stereocenters. The van der Waals surface area contributed by atoms with Crippen molar-refractivity contribution in [2.24, 2.45) is 0 Å². The van der Waals surface area contributed by atoms with Crippen LogP contribution in [0, 0.1) is 0 Å². The van der Waals surface area contributed by atoms with Crippen LogP contribution in [-0.4, -0.2) is 63.8 Å². The maximum absolute atomic E-state index is 13.1. The maximum atomic E-state index is 13.1. The van der Waals surface area contributed by atoms with Crippen LogP contribution in [0.2, 0.25) is 0 Å². The van der Waals surface area contributed by atoms with E-state index in [9.17, 15) is 35.9 Å². The van der Waals surface area contributed by atoms with Gasteiger partial charge in [-0.1, -0.05) is 37.4 Å². The molecule has 0 aromatic heterocycles. The summed E-state index contributed by atoms with van der Waals surface area (Å²) in [6.07, 6.45) is -13.7. The summed E-state index contributed by atoms with van der Waals surface area (Å²) in [5, 5.41) is 0. The smallest absolute Gasteiger partial charge is 0.419 e. The van der Waals surface area contributed by atoms with Crippen molar-refractivity contribution >= 4 is 23.1 Å². The van der Waals surface area contributed by atoms with Crippen molar-refractivity contribution in [1.82, 2.24) is 0 Å². The van der Waals surface area contributed by atoms with Crippen molar-refractivity contribution in [3.05, 3.63) is 71.8 Å². The Kier molecular flexibility index (Phi) is 10.7. The predicted octanol–water partition coefficient (Wildman–Crippen LogP) is 6.12. The van der Waals surface area contributed by atoms with Gasteiger partial charge in [-0.15, -0.1) is 0 Å². The molecule has 2 aromatic carbocycles. The number of ether oxygens (including phenoxy) is 6. The minimum atomic E-state index is -4.61. The molecule has 0 fully saturated rings. The van der Waals surface area contributed by atoms with Gasteiger partial charge in [0.25, 0.3) is 0 Å². The molecule has 8 nitrogen and oxygen atoms in total. The first-order valence-corrected chi connectivity index (χ1v) is 13.1. The van der Waals surface area contributed by atoms with Gasteiger partial charge >= 0.3 is 24.3 Å². The second-order valence-corrected chi connectivity index (χ2v) is 9.30. The number of halogens is 6. The number of esters is 2. The van der Waals surface area contributed by atoms with Crippen LogP contribution in [0.1, 0.15) is 36.1 Å². The zero-order chi connectivity index (χ0) is 33.0. The molecule has 2 aliphatic rings. The first-order valence-electron chi connectivity index (χ1n) is 13.1. The number of methoxy groups -OCH3 is 2. The van der Waals surface area contributed by atoms with Gasteiger partial charge in [-0.2, -0.15) is 26.3 Å². The second-order valence-electron chi connectivity index (χ2n) is 9.30. The van der Waals surface area contributed by atoms with E-state index in [2.05, 4.69) is 13.2 Å². The summed E-state index contributed by atoms with van der Waals surface area (Å²) in [6, 6.07) is 7.19. The summed E-state index contributed by atoms with van der Waals surface area (Å²) in [5.41, 5.74) is -1.10. The summed E-state index contributed by atoms with van der Waals surface area (Å²) in [7, 11) is 2.65. The Hall–Kier alpha value is -4.04. The lowest BCUT2D eigenvalue weighted by Crippen LogP contribution is -2.45. The van der Waals surface area contributed by atoms with Crippen molar-refractivity contribution < 1.29 is 64.4 Å². The Morgan fingerprint density at radius 1 is 0.705 bits per heavy atom. The molecule has 4 atom stereocenters. The minimum absolute atomic E-state index is 0.0787. The molecule has 2 aliphatic heterocycles. The molecule has 2 aromatic rings. The van der Waals surface area contributed by atoms with E-state index in [0.29, 0.717) is 0 Å². The van der Waals surface area contributed by atoms with E-state index in [-0.39, 0.29) is 35.5 Å². The number of rotatable bonds is 6. The fourth-order valence-corrected chi connectivity index (χ4v) is 4.65. The molecule has 4 rings (SSSR count). The SMILES string of the molecule is C=C1c2cccc(C(F)(F)F)c2OC(C(=O)OCC)C1OC.C=C1c2cccc(C(F)(F)F)c2O[C@H](C(=O)OCC)[C@H]1OC. The first-order chi connectivity index (χ1) is 20.6. The predicted molar refractivity (Wildman–Crippen MR) is 145 cm³/mol. The molecular formula is C30H30F6O8. The number of carbonyl (C=O) groups is 2. The number of carbonyl (C=O) groups excluding carboxylic acids is 2. The average Bonchev–Trinajstić information content (AvgIpc) is 2.96. The van der Waals surface area contributed by atoms with E-state index in [0.717, 1.165) is 12.1 Å². The van der Waals surface area contributed by atoms with Gasteiger partial charge in [-0.25, -0.2) is 9.59 Å². The van der Waals surface area contributed by atoms with Gasteiger partial charge in [0, 0.05) is 25.3 Å². The van der Waals surface area contributed by atoms with Crippen molar-refractivity contribution in [1.29, 1.82) is 0 Å². The summed E-state index contributed by atoms with van der Waals surface area (Å²) < 4.78 is 109. The third-order valence-corrected chi connectivity index (χ3v) is 6.60. The second kappa shape index (κ2) is 13.7. The molecule has 44 heavy (non-hydrogen) atoms. The largest absolute Gasteiger partial charge is 0.474 e. The molecule has 0 aliphatic carbocycles. The first kappa shape index (κ1) is 34.5. The number of benzene rings is 2. The van der Waals surface area contributed by atoms with Crippen LogP contribution in [0.15, 0.2) is 49.6 Å². The highest BCUT2D eigenvalue weighted by molar-refractivity contribution is 5.86. The highest BCUT2D eigenvalue weighted by Gasteiger charge is 2.45. The summed E-state index contributed by atoms with van der Waals surface area (Å²) >= 11 is 0. The van der Waals surface area contributed by atoms with Crippen LogP contribution in [0.5, 0.6) is 11.5 Å². The molecule has 0 radical (unpaired) electrons. The Bertz CT molecular complexity index is 1300. The molecule has 0 amide bonds. The Labute approximate surface area is 249 Å². The van der Waals surface area contributed by atoms with Gasteiger partial charge in [0.2, 0.25) is 12.2 Å². The third-order valence-electron chi connectivity index (χ3n) is 6.60. The van der Waals surface area contributed by atoms with E-state index < -0.39 is 71.3 Å². The van der Waals surface area contributed by atoms with E-state index in [1.54, 1.807) is 13.8 Å². The molecule has 0 saturated heterocycles. The van der Waals surface area contributed by atoms with Crippen molar-refractivity contribution in [2.75, 3.05) is 27.4 Å². The van der Waals surface area contributed by atoms with Crippen LogP contribution < -0.4 is 9.47 Å². The molecule has 14 heteroatoms. The van der Waals surface area contributed by atoms with E-state index >= 15 is 0 Å². The molecule has 0 saturated carbocycles. The molecule has 240 valence electrons. The Morgan fingerprint density at radius 2 is 1.05 bits per heavy atom. The van der Waals surface area contributed by atoms with Crippen LogP contribution >= 0.6 is 0 Å². The summed E-state index contributed by atoms with van der Waals surface area (Å²) in [4.78, 5) is 23.9. The van der Waals surface area contributed by atoms with Gasteiger partial charge in [-0.3, -0.25) is 0 Å². The van der Waals surface area contributed by atoms with Crippen molar-refractivity contribution in [3.8, 4) is 11.5 Å². The van der Waals surface area contributed by atoms with E-state index in [4.69, 9.17) is 28.4 Å². The lowest BCUT2D eigenvalue weighted by Gasteiger charge is -2.34. The molecule has 0 bridgehead atoms. The highest BCUT2D eigenvalue weighted by Crippen LogP contribution is 2.46. The zero-order valence-electron chi connectivity index (χ0n) is 24.1. The standard InChI is InChI=1S/2C15H15F3O4/c2*1-4-21-14(19)13-11(20-3)8(2)9-6-5-7-10(12(9)22-13)15(16,17)18/h2*5-7,11,13H,2,4H2,1,3H3/t11-,13-;/m0./s1. The van der Waals surface area contributed by atoms with Crippen LogP contribution in [0.25, 0.3) is 11.1 Å². The van der Waals surface area contributed by atoms with Crippen molar-refractivity contribution in [3.63, 3.8) is 0 Å². The lowest BCUT2D eigenvalue weighted by atomic mass is 9.92. The fourth-order valence-electron chi connectivity index (χ4n) is 4.65. The highest BCUT2D eigenvalue weighted by atomic mass is 19.4. The number of fused-ring (bicyclic) bond motifs is 2. The van der Waals surface area contributed by atoms with Gasteiger partial charge in [-0.05, 0) is 37.1 Å². The molecule has 2 heterocycles. The van der Waals surface area contributed by atoms with E-state index in [1.165, 1.54) is 38.5 Å². The average molecular weight is 633 g/mol.